The minimum Gasteiger partial charge on any atom is -0.322 e. The highest BCUT2D eigenvalue weighted by atomic mass is 16.2. The molecule has 0 aromatic heterocycles. The van der Waals surface area contributed by atoms with Gasteiger partial charge in [0.05, 0.1) is 0 Å². The van der Waals surface area contributed by atoms with Crippen molar-refractivity contribution in [2.75, 3.05) is 6.54 Å². The zero-order chi connectivity index (χ0) is 23.0. The van der Waals surface area contributed by atoms with Crippen LogP contribution in [0.3, 0.4) is 0 Å². The van der Waals surface area contributed by atoms with Crippen LogP contribution >= 0.6 is 0 Å². The number of piperazine rings is 1. The molecule has 3 aliphatic heterocycles. The monoisotopic (exact) mass is 440 g/mol. The normalized spacial score (nSPS) is 28.9. The molecule has 4 unspecified atom stereocenters. The number of benzene rings is 1. The molecular weight excluding hydrogens is 404 g/mol. The number of nitrogens with one attached hydrogen (secondary N) is 2. The molecule has 0 spiro atoms. The van der Waals surface area contributed by atoms with E-state index in [1.807, 2.05) is 12.1 Å². The lowest BCUT2D eigenvalue weighted by Gasteiger charge is -2.45. The predicted octanol–water partition coefficient (Wildman–Crippen LogP) is 2.43. The molecule has 32 heavy (non-hydrogen) atoms. The molecular formula is C25H36N4O3. The maximum absolute atomic E-state index is 13.2. The lowest BCUT2D eigenvalue weighted by Crippen LogP contribution is -2.60. The number of amides is 3. The minimum atomic E-state index is -0.572. The number of nitrogens with zero attached hydrogens (tertiary/aromatic N) is 2. The average molecular weight is 441 g/mol. The molecule has 4 rings (SSSR count). The fourth-order valence-corrected chi connectivity index (χ4v) is 5.41. The van der Waals surface area contributed by atoms with Crippen molar-refractivity contribution < 1.29 is 14.4 Å². The van der Waals surface area contributed by atoms with Crippen LogP contribution < -0.4 is 10.6 Å². The maximum atomic E-state index is 13.2. The minimum absolute atomic E-state index is 0.102. The molecule has 174 valence electrons. The van der Waals surface area contributed by atoms with Gasteiger partial charge in [0.2, 0.25) is 11.8 Å². The topological polar surface area (TPSA) is 81.8 Å². The highest BCUT2D eigenvalue weighted by Crippen LogP contribution is 2.32. The Bertz CT molecular complexity index is 899. The molecule has 2 fully saturated rings. The van der Waals surface area contributed by atoms with Gasteiger partial charge in [0, 0.05) is 49.7 Å². The molecule has 1 aromatic carbocycles. The maximum Gasteiger partial charge on any atom is 0.255 e. The van der Waals surface area contributed by atoms with Crippen molar-refractivity contribution >= 4 is 17.7 Å². The first-order valence-corrected chi connectivity index (χ1v) is 12.0. The van der Waals surface area contributed by atoms with Gasteiger partial charge in [-0.3, -0.25) is 24.6 Å². The first-order chi connectivity index (χ1) is 15.3. The number of hydrogen-bond acceptors (Lipinski definition) is 5. The fraction of sp³-hybridized carbons (Fsp3) is 0.640. The summed E-state index contributed by atoms with van der Waals surface area (Å²) in [6, 6.07) is 6.65. The van der Waals surface area contributed by atoms with Gasteiger partial charge in [0.1, 0.15) is 6.04 Å². The van der Waals surface area contributed by atoms with Gasteiger partial charge in [-0.15, -0.1) is 0 Å². The Morgan fingerprint density at radius 2 is 1.94 bits per heavy atom. The molecule has 1 aromatic rings. The number of carbonyl (C=O) groups excluding carboxylic acids is 3. The van der Waals surface area contributed by atoms with Crippen molar-refractivity contribution in [2.24, 2.45) is 5.92 Å². The van der Waals surface area contributed by atoms with E-state index in [1.54, 1.807) is 4.90 Å². The van der Waals surface area contributed by atoms with E-state index in [4.69, 9.17) is 0 Å². The summed E-state index contributed by atoms with van der Waals surface area (Å²) in [5.41, 5.74) is 2.89. The van der Waals surface area contributed by atoms with E-state index >= 15 is 0 Å². The van der Waals surface area contributed by atoms with E-state index in [0.717, 1.165) is 25.1 Å². The van der Waals surface area contributed by atoms with Crippen LogP contribution in [0.2, 0.25) is 0 Å². The van der Waals surface area contributed by atoms with Gasteiger partial charge in [-0.2, -0.15) is 0 Å². The Balaban J connectivity index is 1.56. The summed E-state index contributed by atoms with van der Waals surface area (Å²) in [5.74, 6) is -0.0519. The van der Waals surface area contributed by atoms with Gasteiger partial charge >= 0.3 is 0 Å². The number of hydrogen-bond donors (Lipinski definition) is 2. The van der Waals surface area contributed by atoms with E-state index in [2.05, 4.69) is 49.3 Å². The summed E-state index contributed by atoms with van der Waals surface area (Å²) in [6.45, 7) is 11.3. The largest absolute Gasteiger partial charge is 0.322 e. The lowest BCUT2D eigenvalue weighted by atomic mass is 9.92. The Morgan fingerprint density at radius 1 is 1.16 bits per heavy atom. The zero-order valence-electron chi connectivity index (χ0n) is 19.7. The lowest BCUT2D eigenvalue weighted by molar-refractivity contribution is -0.136. The van der Waals surface area contributed by atoms with E-state index in [9.17, 15) is 14.4 Å². The second kappa shape index (κ2) is 9.32. The molecule has 3 aliphatic rings. The molecule has 3 amide bonds. The molecule has 0 radical (unpaired) electrons. The van der Waals surface area contributed by atoms with Crippen LogP contribution in [0.5, 0.6) is 0 Å². The predicted molar refractivity (Wildman–Crippen MR) is 123 cm³/mol. The first-order valence-electron chi connectivity index (χ1n) is 12.0. The van der Waals surface area contributed by atoms with Crippen LogP contribution in [0, 0.1) is 5.92 Å². The van der Waals surface area contributed by atoms with Crippen LogP contribution in [-0.2, 0) is 22.7 Å². The van der Waals surface area contributed by atoms with Crippen LogP contribution in [-0.4, -0.2) is 58.2 Å². The van der Waals surface area contributed by atoms with Crippen LogP contribution in [0.1, 0.15) is 74.9 Å². The Labute approximate surface area is 190 Å². The number of rotatable bonds is 6. The highest BCUT2D eigenvalue weighted by Gasteiger charge is 2.40. The molecule has 0 bridgehead atoms. The third kappa shape index (κ3) is 4.46. The van der Waals surface area contributed by atoms with Crippen molar-refractivity contribution in [3.8, 4) is 0 Å². The molecule has 2 saturated heterocycles. The number of fused-ring (bicyclic) bond motifs is 1. The summed E-state index contributed by atoms with van der Waals surface area (Å²) in [4.78, 5) is 41.4. The molecule has 7 nitrogen and oxygen atoms in total. The Hall–Kier alpha value is -2.25. The van der Waals surface area contributed by atoms with Crippen molar-refractivity contribution in [2.45, 2.75) is 90.6 Å². The number of imide groups is 1. The summed E-state index contributed by atoms with van der Waals surface area (Å²) in [5, 5.41) is 6.05. The van der Waals surface area contributed by atoms with E-state index < -0.39 is 6.04 Å². The number of piperidine rings is 1. The third-order valence-electron chi connectivity index (χ3n) is 7.38. The molecule has 7 heteroatoms. The van der Waals surface area contributed by atoms with Crippen molar-refractivity contribution in [1.29, 1.82) is 0 Å². The summed E-state index contributed by atoms with van der Waals surface area (Å²) in [6.07, 6.45) is 3.00. The Kier molecular flexibility index (Phi) is 6.67. The van der Waals surface area contributed by atoms with Gasteiger partial charge in [0.25, 0.3) is 5.91 Å². The Morgan fingerprint density at radius 3 is 2.66 bits per heavy atom. The van der Waals surface area contributed by atoms with Gasteiger partial charge in [-0.05, 0) is 56.2 Å². The van der Waals surface area contributed by atoms with Gasteiger partial charge in [-0.25, -0.2) is 0 Å². The molecule has 3 heterocycles. The molecule has 2 N–H and O–H groups in total. The van der Waals surface area contributed by atoms with Crippen molar-refractivity contribution in [1.82, 2.24) is 20.4 Å². The van der Waals surface area contributed by atoms with E-state index in [0.29, 0.717) is 42.6 Å². The third-order valence-corrected chi connectivity index (χ3v) is 7.38. The summed E-state index contributed by atoms with van der Waals surface area (Å²) < 4.78 is 0. The highest BCUT2D eigenvalue weighted by molar-refractivity contribution is 6.05. The zero-order valence-corrected chi connectivity index (χ0v) is 19.7. The van der Waals surface area contributed by atoms with Crippen LogP contribution in [0.15, 0.2) is 18.2 Å². The van der Waals surface area contributed by atoms with Crippen molar-refractivity contribution in [3.63, 3.8) is 0 Å². The summed E-state index contributed by atoms with van der Waals surface area (Å²) >= 11 is 0. The van der Waals surface area contributed by atoms with E-state index in [1.165, 1.54) is 12.0 Å². The van der Waals surface area contributed by atoms with Crippen LogP contribution in [0.4, 0.5) is 0 Å². The second-order valence-corrected chi connectivity index (χ2v) is 10.1. The molecule has 0 saturated carbocycles. The standard InChI is InChI=1S/C25H36N4O3/c1-15(2)8-9-21-17(4)26-12-16(3)28(21)13-18-6-5-7-19-20(18)14-29(25(19)32)22-10-11-23(30)27-24(22)31/h5-7,15-17,21-22,26H,8-14H2,1-4H3,(H,27,30,31). The summed E-state index contributed by atoms with van der Waals surface area (Å²) in [7, 11) is 0. The molecule has 4 atom stereocenters. The van der Waals surface area contributed by atoms with Gasteiger partial charge in [-0.1, -0.05) is 26.0 Å². The second-order valence-electron chi connectivity index (χ2n) is 10.1. The molecule has 0 aliphatic carbocycles. The average Bonchev–Trinajstić information content (AvgIpc) is 3.07. The van der Waals surface area contributed by atoms with Crippen molar-refractivity contribution in [3.05, 3.63) is 34.9 Å². The quantitative estimate of drug-likeness (QED) is 0.664. The smallest absolute Gasteiger partial charge is 0.255 e. The van der Waals surface area contributed by atoms with Crippen LogP contribution in [0.25, 0.3) is 0 Å². The first kappa shape index (κ1) is 22.9. The fourth-order valence-electron chi connectivity index (χ4n) is 5.41. The number of carbonyl (C=O) groups is 3. The van der Waals surface area contributed by atoms with E-state index in [-0.39, 0.29) is 24.1 Å². The van der Waals surface area contributed by atoms with Gasteiger partial charge in [0.15, 0.2) is 0 Å². The van der Waals surface area contributed by atoms with Gasteiger partial charge < -0.3 is 10.2 Å². The SMILES string of the molecule is CC(C)CCC1C(C)NCC(C)N1Cc1cccc2c1CN(C1CCC(=O)NC1=O)C2=O.